The van der Waals surface area contributed by atoms with Gasteiger partial charge in [-0.05, 0) is 17.0 Å². The summed E-state index contributed by atoms with van der Waals surface area (Å²) in [6.45, 7) is 0. The second-order valence-corrected chi connectivity index (χ2v) is 4.39. The van der Waals surface area contributed by atoms with Crippen LogP contribution in [-0.2, 0) is 0 Å². The Hall–Kier alpha value is -2.66. The highest BCUT2D eigenvalue weighted by molar-refractivity contribution is 5.85. The quantitative estimate of drug-likeness (QED) is 0.685. The fourth-order valence-electron chi connectivity index (χ4n) is 2.31. The van der Waals surface area contributed by atoms with Crippen LogP contribution in [0.4, 0.5) is 0 Å². The largest absolute Gasteiger partial charge is 0.259 e. The maximum atomic E-state index is 9.50. The molecule has 1 unspecified atom stereocenters. The predicted octanol–water partition coefficient (Wildman–Crippen LogP) is 3.89. The third-order valence-corrected chi connectivity index (χ3v) is 3.24. The Kier molecular flexibility index (Phi) is 2.96. The Balaban J connectivity index is 2.21. The Morgan fingerprint density at radius 3 is 2.42 bits per heavy atom. The van der Waals surface area contributed by atoms with E-state index in [-0.39, 0.29) is 5.92 Å². The summed E-state index contributed by atoms with van der Waals surface area (Å²) in [4.78, 5) is 4.43. The molecule has 1 atom stereocenters. The molecule has 3 rings (SSSR count). The SMILES string of the molecule is N#CC(c1ccccc1)c1nccc2ccccc12. The summed E-state index contributed by atoms with van der Waals surface area (Å²) in [5, 5.41) is 11.7. The lowest BCUT2D eigenvalue weighted by Crippen LogP contribution is -2.01. The molecule has 2 nitrogen and oxygen atoms in total. The van der Waals surface area contributed by atoms with Gasteiger partial charge < -0.3 is 0 Å². The van der Waals surface area contributed by atoms with Gasteiger partial charge in [0.2, 0.25) is 0 Å². The maximum absolute atomic E-state index is 9.50. The Morgan fingerprint density at radius 1 is 0.895 bits per heavy atom. The van der Waals surface area contributed by atoms with Gasteiger partial charge in [-0.3, -0.25) is 4.98 Å². The van der Waals surface area contributed by atoms with Crippen molar-refractivity contribution >= 4 is 10.8 Å². The molecule has 0 aliphatic carbocycles. The third-order valence-electron chi connectivity index (χ3n) is 3.24. The minimum absolute atomic E-state index is 0.327. The molecule has 1 heterocycles. The second kappa shape index (κ2) is 4.91. The second-order valence-electron chi connectivity index (χ2n) is 4.39. The van der Waals surface area contributed by atoms with Crippen LogP contribution in [0.15, 0.2) is 66.9 Å². The van der Waals surface area contributed by atoms with E-state index in [9.17, 15) is 5.26 Å². The van der Waals surface area contributed by atoms with Crippen LogP contribution in [0.25, 0.3) is 10.8 Å². The summed E-state index contributed by atoms with van der Waals surface area (Å²) >= 11 is 0. The van der Waals surface area contributed by atoms with E-state index in [2.05, 4.69) is 11.1 Å². The van der Waals surface area contributed by atoms with Crippen molar-refractivity contribution in [3.8, 4) is 6.07 Å². The molecule has 0 saturated carbocycles. The Bertz CT molecular complexity index is 737. The first kappa shape index (κ1) is 11.4. The highest BCUT2D eigenvalue weighted by atomic mass is 14.7. The zero-order valence-corrected chi connectivity index (χ0v) is 10.3. The van der Waals surface area contributed by atoms with Crippen molar-refractivity contribution in [2.45, 2.75) is 5.92 Å². The van der Waals surface area contributed by atoms with Gasteiger partial charge in [-0.1, -0.05) is 54.6 Å². The van der Waals surface area contributed by atoms with Gasteiger partial charge in [0, 0.05) is 11.6 Å². The van der Waals surface area contributed by atoms with Crippen LogP contribution in [-0.4, -0.2) is 4.98 Å². The van der Waals surface area contributed by atoms with Crippen LogP contribution in [0.5, 0.6) is 0 Å². The molecule has 0 aliphatic rings. The van der Waals surface area contributed by atoms with E-state index in [4.69, 9.17) is 0 Å². The number of nitriles is 1. The molecular formula is C17H12N2. The monoisotopic (exact) mass is 244 g/mol. The molecule has 0 N–H and O–H groups in total. The highest BCUT2D eigenvalue weighted by Gasteiger charge is 2.16. The molecule has 2 aromatic carbocycles. The number of hydrogen-bond donors (Lipinski definition) is 0. The molecule has 3 aromatic rings. The zero-order chi connectivity index (χ0) is 13.1. The fourth-order valence-corrected chi connectivity index (χ4v) is 2.31. The van der Waals surface area contributed by atoms with Crippen molar-refractivity contribution in [3.63, 3.8) is 0 Å². The molecule has 0 fully saturated rings. The van der Waals surface area contributed by atoms with Gasteiger partial charge in [0.05, 0.1) is 11.8 Å². The first-order valence-corrected chi connectivity index (χ1v) is 6.18. The van der Waals surface area contributed by atoms with Gasteiger partial charge >= 0.3 is 0 Å². The van der Waals surface area contributed by atoms with Gasteiger partial charge in [-0.15, -0.1) is 0 Å². The molecule has 0 radical (unpaired) electrons. The predicted molar refractivity (Wildman–Crippen MR) is 75.6 cm³/mol. The Morgan fingerprint density at radius 2 is 1.63 bits per heavy atom. The lowest BCUT2D eigenvalue weighted by molar-refractivity contribution is 0.983. The van der Waals surface area contributed by atoms with E-state index in [1.807, 2.05) is 60.7 Å². The summed E-state index contributed by atoms with van der Waals surface area (Å²) in [6, 6.07) is 22.2. The van der Waals surface area contributed by atoms with Crippen molar-refractivity contribution in [1.29, 1.82) is 5.26 Å². The molecule has 1 aromatic heterocycles. The first-order valence-electron chi connectivity index (χ1n) is 6.18. The molecule has 0 aliphatic heterocycles. The van der Waals surface area contributed by atoms with E-state index in [0.29, 0.717) is 0 Å². The molecule has 90 valence electrons. The van der Waals surface area contributed by atoms with Crippen LogP contribution in [0, 0.1) is 11.3 Å². The number of pyridine rings is 1. The summed E-state index contributed by atoms with van der Waals surface area (Å²) in [6.07, 6.45) is 1.77. The number of hydrogen-bond acceptors (Lipinski definition) is 2. The van der Waals surface area contributed by atoms with Crippen molar-refractivity contribution in [2.75, 3.05) is 0 Å². The number of benzene rings is 2. The van der Waals surface area contributed by atoms with Crippen molar-refractivity contribution < 1.29 is 0 Å². The van der Waals surface area contributed by atoms with E-state index in [1.165, 1.54) is 0 Å². The number of nitrogens with zero attached hydrogens (tertiary/aromatic N) is 2. The van der Waals surface area contributed by atoms with Gasteiger partial charge in [0.25, 0.3) is 0 Å². The summed E-state index contributed by atoms with van der Waals surface area (Å²) in [7, 11) is 0. The standard InChI is InChI=1S/C17H12N2/c18-12-16(13-6-2-1-3-7-13)17-15-9-5-4-8-14(15)10-11-19-17/h1-11,16H. The highest BCUT2D eigenvalue weighted by Crippen LogP contribution is 2.28. The average molecular weight is 244 g/mol. The molecule has 0 bridgehead atoms. The summed E-state index contributed by atoms with van der Waals surface area (Å²) < 4.78 is 0. The molecule has 2 heteroatoms. The van der Waals surface area contributed by atoms with Gasteiger partial charge in [-0.2, -0.15) is 5.26 Å². The van der Waals surface area contributed by atoms with Gasteiger partial charge in [0.15, 0.2) is 0 Å². The Labute approximate surface area is 112 Å². The number of fused-ring (bicyclic) bond motifs is 1. The van der Waals surface area contributed by atoms with Crippen LogP contribution < -0.4 is 0 Å². The van der Waals surface area contributed by atoms with E-state index < -0.39 is 0 Å². The smallest absolute Gasteiger partial charge is 0.114 e. The minimum atomic E-state index is -0.327. The molecule has 0 amide bonds. The molecule has 0 saturated heterocycles. The third kappa shape index (κ3) is 2.07. The average Bonchev–Trinajstić information content (AvgIpc) is 2.49. The maximum Gasteiger partial charge on any atom is 0.114 e. The van der Waals surface area contributed by atoms with E-state index in [0.717, 1.165) is 22.0 Å². The van der Waals surface area contributed by atoms with Gasteiger partial charge in [-0.25, -0.2) is 0 Å². The first-order chi connectivity index (χ1) is 9.40. The van der Waals surface area contributed by atoms with E-state index in [1.54, 1.807) is 6.20 Å². The normalized spacial score (nSPS) is 11.9. The zero-order valence-electron chi connectivity index (χ0n) is 10.3. The van der Waals surface area contributed by atoms with Crippen LogP contribution in [0.1, 0.15) is 17.2 Å². The van der Waals surface area contributed by atoms with Crippen molar-refractivity contribution in [3.05, 3.63) is 78.1 Å². The van der Waals surface area contributed by atoms with Gasteiger partial charge in [0.1, 0.15) is 5.92 Å². The fraction of sp³-hybridized carbons (Fsp3) is 0.0588. The van der Waals surface area contributed by atoms with Crippen molar-refractivity contribution in [2.24, 2.45) is 0 Å². The lowest BCUT2D eigenvalue weighted by Gasteiger charge is -2.11. The minimum Gasteiger partial charge on any atom is -0.259 e. The number of rotatable bonds is 2. The summed E-state index contributed by atoms with van der Waals surface area (Å²) in [5.74, 6) is -0.327. The van der Waals surface area contributed by atoms with Crippen LogP contribution >= 0.6 is 0 Å². The molecular weight excluding hydrogens is 232 g/mol. The van der Waals surface area contributed by atoms with Crippen LogP contribution in [0.3, 0.4) is 0 Å². The molecule has 0 spiro atoms. The van der Waals surface area contributed by atoms with Crippen LogP contribution in [0.2, 0.25) is 0 Å². The topological polar surface area (TPSA) is 36.7 Å². The van der Waals surface area contributed by atoms with Crippen molar-refractivity contribution in [1.82, 2.24) is 4.98 Å². The summed E-state index contributed by atoms with van der Waals surface area (Å²) in [5.41, 5.74) is 1.81. The van der Waals surface area contributed by atoms with E-state index >= 15 is 0 Å². The number of aromatic nitrogens is 1. The lowest BCUT2D eigenvalue weighted by atomic mass is 9.93. The molecule has 19 heavy (non-hydrogen) atoms.